The van der Waals surface area contributed by atoms with Crippen molar-refractivity contribution in [2.45, 2.75) is 131 Å². The number of carbonyl (C=O) groups is 3. The van der Waals surface area contributed by atoms with E-state index in [2.05, 4.69) is 5.32 Å². The minimum atomic E-state index is -0.653. The maximum atomic E-state index is 13.3. The zero-order chi connectivity index (χ0) is 53.1. The lowest BCUT2D eigenvalue weighted by Crippen LogP contribution is -2.45. The van der Waals surface area contributed by atoms with E-state index in [0.717, 1.165) is 35.7 Å². The molecule has 0 spiro atoms. The molecule has 2 rings (SSSR count). The molecule has 0 aliphatic carbocycles. The number of benzene rings is 2. The topological polar surface area (TPSA) is 229 Å². The van der Waals surface area contributed by atoms with E-state index >= 15 is 0 Å². The van der Waals surface area contributed by atoms with Crippen LogP contribution in [0.25, 0.3) is 0 Å². The zero-order valence-electron chi connectivity index (χ0n) is 45.2. The van der Waals surface area contributed by atoms with Gasteiger partial charge in [0.1, 0.15) is 45.7 Å². The molecule has 19 nitrogen and oxygen atoms in total. The van der Waals surface area contributed by atoms with Gasteiger partial charge in [-0.2, -0.15) is 0 Å². The first-order valence-corrected chi connectivity index (χ1v) is 24.8. The van der Waals surface area contributed by atoms with E-state index in [1.807, 2.05) is 67.5 Å². The third-order valence-corrected chi connectivity index (χ3v) is 9.89. The Balaban J connectivity index is 0.000000733. The lowest BCUT2D eigenvalue weighted by Gasteiger charge is -2.27. The first kappa shape index (κ1) is 64.4. The number of esters is 2. The first-order chi connectivity index (χ1) is 33.9. The number of nitrogens with one attached hydrogen (secondary N) is 1. The molecular weight excluding hydrogens is 921 g/mol. The van der Waals surface area contributed by atoms with Crippen molar-refractivity contribution in [3.8, 4) is 34.5 Å². The number of unbranched alkanes of at least 4 members (excludes halogenated alkanes) is 1. The molecule has 0 fully saturated rings. The molecule has 1 amide bonds. The van der Waals surface area contributed by atoms with Gasteiger partial charge in [0, 0.05) is 70.0 Å². The Kier molecular flexibility index (Phi) is 33.7. The number of nitrogens with two attached hydrogens (primary N) is 2. The SMILES string of the molecule is CCOc1cc(OC)c(CN(CCOCCOCCCC(=O)OC(C)(C)C)C(=O)C(N)CCCCN)c(OC)c1.CCOc1cc(OC)c(CNCCOCCOCCCC(=O)OC(C)(C)C)c(OC)c1. The average Bonchev–Trinajstić information content (AvgIpc) is 3.31. The first-order valence-electron chi connectivity index (χ1n) is 24.8. The fourth-order valence-corrected chi connectivity index (χ4v) is 6.67. The highest BCUT2D eigenvalue weighted by molar-refractivity contribution is 5.81. The predicted octanol–water partition coefficient (Wildman–Crippen LogP) is 6.39. The summed E-state index contributed by atoms with van der Waals surface area (Å²) in [5, 5.41) is 3.33. The predicted molar refractivity (Wildman–Crippen MR) is 273 cm³/mol. The summed E-state index contributed by atoms with van der Waals surface area (Å²) >= 11 is 0. The summed E-state index contributed by atoms with van der Waals surface area (Å²) in [6, 6.07) is 6.63. The summed E-state index contributed by atoms with van der Waals surface area (Å²) in [7, 11) is 6.39. The van der Waals surface area contributed by atoms with Crippen LogP contribution >= 0.6 is 0 Å². The summed E-state index contributed by atoms with van der Waals surface area (Å²) < 4.78 is 66.2. The van der Waals surface area contributed by atoms with E-state index in [1.54, 1.807) is 45.5 Å². The van der Waals surface area contributed by atoms with E-state index in [4.69, 9.17) is 68.3 Å². The summed E-state index contributed by atoms with van der Waals surface area (Å²) in [4.78, 5) is 38.3. The van der Waals surface area contributed by atoms with Gasteiger partial charge in [0.05, 0.1) is 105 Å². The fraction of sp³-hybridized carbons (Fsp3) is 0.712. The highest BCUT2D eigenvalue weighted by Crippen LogP contribution is 2.36. The highest BCUT2D eigenvalue weighted by Gasteiger charge is 2.25. The van der Waals surface area contributed by atoms with Crippen LogP contribution < -0.4 is 45.2 Å². The lowest BCUT2D eigenvalue weighted by atomic mass is 10.1. The number of nitrogens with zero attached hydrogens (tertiary/aromatic N) is 1. The van der Waals surface area contributed by atoms with Gasteiger partial charge in [-0.3, -0.25) is 14.4 Å². The molecule has 0 aliphatic heterocycles. The molecule has 408 valence electrons. The Bertz CT molecular complexity index is 1720. The Hall–Kier alpha value is -4.63. The van der Waals surface area contributed by atoms with Gasteiger partial charge in [0.2, 0.25) is 5.91 Å². The van der Waals surface area contributed by atoms with Crippen molar-refractivity contribution in [3.05, 3.63) is 35.4 Å². The summed E-state index contributed by atoms with van der Waals surface area (Å²) in [6.45, 7) is 21.9. The van der Waals surface area contributed by atoms with E-state index in [-0.39, 0.29) is 24.4 Å². The van der Waals surface area contributed by atoms with Crippen molar-refractivity contribution in [1.82, 2.24) is 10.2 Å². The molecule has 2 aromatic rings. The van der Waals surface area contributed by atoms with Gasteiger partial charge in [0.25, 0.3) is 0 Å². The second-order valence-corrected chi connectivity index (χ2v) is 18.1. The van der Waals surface area contributed by atoms with Crippen LogP contribution in [0.5, 0.6) is 34.5 Å². The van der Waals surface area contributed by atoms with Crippen molar-refractivity contribution in [2.24, 2.45) is 11.5 Å². The number of ether oxygens (including phenoxy) is 12. The number of rotatable bonds is 37. The Morgan fingerprint density at radius 1 is 0.592 bits per heavy atom. The second-order valence-electron chi connectivity index (χ2n) is 18.1. The van der Waals surface area contributed by atoms with Gasteiger partial charge in [-0.25, -0.2) is 0 Å². The maximum absolute atomic E-state index is 13.3. The minimum Gasteiger partial charge on any atom is -0.496 e. The van der Waals surface area contributed by atoms with Gasteiger partial charge in [-0.15, -0.1) is 0 Å². The molecule has 71 heavy (non-hydrogen) atoms. The number of hydrogen-bond donors (Lipinski definition) is 3. The van der Waals surface area contributed by atoms with E-state index in [9.17, 15) is 14.4 Å². The van der Waals surface area contributed by atoms with Crippen molar-refractivity contribution in [2.75, 3.05) is 114 Å². The van der Waals surface area contributed by atoms with Crippen molar-refractivity contribution in [1.29, 1.82) is 0 Å². The molecule has 1 unspecified atom stereocenters. The molecule has 0 radical (unpaired) electrons. The molecule has 5 N–H and O–H groups in total. The average molecular weight is 1010 g/mol. The van der Waals surface area contributed by atoms with Crippen molar-refractivity contribution >= 4 is 17.8 Å². The van der Waals surface area contributed by atoms with Crippen LogP contribution in [0.3, 0.4) is 0 Å². The fourth-order valence-electron chi connectivity index (χ4n) is 6.67. The number of hydrogen-bond acceptors (Lipinski definition) is 18. The standard InChI is InChI=1S/C29H51N3O8.C23H39NO7/c1-7-39-22-19-25(35-5)23(26(20-22)36-6)21-32(28(34)24(31)11-8-9-13-30)14-16-38-18-17-37-15-10-12-27(33)40-29(2,3)4;1-7-30-18-15-20(26-5)19(21(16-18)27-6)17-24-10-12-29-14-13-28-11-8-9-22(25)31-23(2,3)4/h19-20,24H,7-18,21,30-31H2,1-6H3;15-16,24H,7-14,17H2,1-6H3. The van der Waals surface area contributed by atoms with E-state index in [0.29, 0.717) is 147 Å². The Morgan fingerprint density at radius 3 is 1.42 bits per heavy atom. The minimum absolute atomic E-state index is 0.183. The molecule has 0 saturated carbocycles. The summed E-state index contributed by atoms with van der Waals surface area (Å²) in [5.41, 5.74) is 12.6. The number of amides is 1. The largest absolute Gasteiger partial charge is 0.496 e. The van der Waals surface area contributed by atoms with Gasteiger partial charge in [-0.1, -0.05) is 6.42 Å². The van der Waals surface area contributed by atoms with Gasteiger partial charge < -0.3 is 78.5 Å². The van der Waals surface area contributed by atoms with E-state index < -0.39 is 17.2 Å². The van der Waals surface area contributed by atoms with Crippen LogP contribution in [-0.2, 0) is 55.9 Å². The zero-order valence-corrected chi connectivity index (χ0v) is 45.2. The summed E-state index contributed by atoms with van der Waals surface area (Å²) in [6.07, 6.45) is 4.01. The van der Waals surface area contributed by atoms with Crippen LogP contribution in [-0.4, -0.2) is 154 Å². The third-order valence-electron chi connectivity index (χ3n) is 9.89. The summed E-state index contributed by atoms with van der Waals surface area (Å²) in [5.74, 6) is 3.26. The normalized spacial score (nSPS) is 11.7. The molecule has 0 aliphatic rings. The molecule has 0 saturated heterocycles. The number of methoxy groups -OCH3 is 4. The van der Waals surface area contributed by atoms with Gasteiger partial charge in [-0.05, 0) is 87.6 Å². The maximum Gasteiger partial charge on any atom is 0.306 e. The van der Waals surface area contributed by atoms with Crippen LogP contribution in [0.4, 0.5) is 0 Å². The van der Waals surface area contributed by atoms with E-state index in [1.165, 1.54) is 0 Å². The lowest BCUT2D eigenvalue weighted by molar-refractivity contribution is -0.156. The quantitative estimate of drug-likeness (QED) is 0.0492. The highest BCUT2D eigenvalue weighted by atomic mass is 16.6. The molecule has 0 heterocycles. The van der Waals surface area contributed by atoms with Crippen molar-refractivity contribution < 1.29 is 71.2 Å². The smallest absolute Gasteiger partial charge is 0.306 e. The molecule has 1 atom stereocenters. The monoisotopic (exact) mass is 1010 g/mol. The molecule has 2 aromatic carbocycles. The van der Waals surface area contributed by atoms with Crippen molar-refractivity contribution in [3.63, 3.8) is 0 Å². The van der Waals surface area contributed by atoms with Gasteiger partial charge >= 0.3 is 11.9 Å². The molecular formula is C52H90N4O15. The van der Waals surface area contributed by atoms with Gasteiger partial charge in [0.15, 0.2) is 0 Å². The molecule has 0 aromatic heterocycles. The van der Waals surface area contributed by atoms with Crippen LogP contribution in [0, 0.1) is 0 Å². The molecule has 0 bridgehead atoms. The van der Waals surface area contributed by atoms with Crippen LogP contribution in [0.15, 0.2) is 24.3 Å². The second kappa shape index (κ2) is 37.2. The third kappa shape index (κ3) is 29.5. The number of carbonyl (C=O) groups excluding carboxylic acids is 3. The van der Waals surface area contributed by atoms with Crippen LogP contribution in [0.2, 0.25) is 0 Å². The molecule has 19 heteroatoms. The van der Waals surface area contributed by atoms with Crippen LogP contribution in [0.1, 0.15) is 111 Å². The Morgan fingerprint density at radius 2 is 1.01 bits per heavy atom. The Labute approximate surface area is 424 Å².